The zero-order valence-corrected chi connectivity index (χ0v) is 12.5. The van der Waals surface area contributed by atoms with Gasteiger partial charge < -0.3 is 20.1 Å². The number of rotatable bonds is 8. The van der Waals surface area contributed by atoms with Crippen molar-refractivity contribution in [2.45, 2.75) is 39.7 Å². The van der Waals surface area contributed by atoms with E-state index < -0.39 is 11.5 Å². The summed E-state index contributed by atoms with van der Waals surface area (Å²) in [7, 11) is 1.58. The van der Waals surface area contributed by atoms with Gasteiger partial charge in [-0.25, -0.2) is 4.79 Å². The molecule has 0 rings (SSSR count). The van der Waals surface area contributed by atoms with E-state index in [0.29, 0.717) is 25.6 Å². The molecule has 6 nitrogen and oxygen atoms in total. The SMILES string of the molecule is COCCN(CC(C)C)C(=O)NC(C)(C)CC(=O)O. The average molecular weight is 274 g/mol. The van der Waals surface area contributed by atoms with Crippen LogP contribution >= 0.6 is 0 Å². The van der Waals surface area contributed by atoms with Gasteiger partial charge in [0.1, 0.15) is 0 Å². The molecule has 0 aromatic heterocycles. The molecule has 0 unspecified atom stereocenters. The molecule has 112 valence electrons. The zero-order chi connectivity index (χ0) is 15.1. The highest BCUT2D eigenvalue weighted by Crippen LogP contribution is 2.10. The van der Waals surface area contributed by atoms with Crippen LogP contribution in [0.2, 0.25) is 0 Å². The normalized spacial score (nSPS) is 11.5. The number of carboxylic acid groups (broad SMARTS) is 1. The first-order chi connectivity index (χ1) is 8.68. The predicted octanol–water partition coefficient (Wildman–Crippen LogP) is 1.55. The van der Waals surface area contributed by atoms with E-state index in [9.17, 15) is 9.59 Å². The summed E-state index contributed by atoms with van der Waals surface area (Å²) in [6.07, 6.45) is -0.113. The van der Waals surface area contributed by atoms with Crippen LogP contribution in [0, 0.1) is 5.92 Å². The van der Waals surface area contributed by atoms with Crippen molar-refractivity contribution in [3.63, 3.8) is 0 Å². The number of ether oxygens (including phenoxy) is 1. The number of methoxy groups -OCH3 is 1. The first-order valence-corrected chi connectivity index (χ1v) is 6.45. The maximum Gasteiger partial charge on any atom is 0.317 e. The molecule has 2 amide bonds. The number of urea groups is 1. The van der Waals surface area contributed by atoms with E-state index in [0.717, 1.165) is 0 Å². The first kappa shape index (κ1) is 17.7. The van der Waals surface area contributed by atoms with Gasteiger partial charge in [-0.3, -0.25) is 4.79 Å². The largest absolute Gasteiger partial charge is 0.481 e. The second-order valence-electron chi connectivity index (χ2n) is 5.72. The van der Waals surface area contributed by atoms with Crippen molar-refractivity contribution in [2.24, 2.45) is 5.92 Å². The molecule has 0 aliphatic carbocycles. The number of nitrogens with one attached hydrogen (secondary N) is 1. The number of carbonyl (C=O) groups is 2. The second kappa shape index (κ2) is 7.99. The first-order valence-electron chi connectivity index (χ1n) is 6.45. The molecule has 0 fully saturated rings. The summed E-state index contributed by atoms with van der Waals surface area (Å²) in [5, 5.41) is 11.6. The van der Waals surface area contributed by atoms with E-state index in [-0.39, 0.29) is 12.5 Å². The smallest absolute Gasteiger partial charge is 0.317 e. The maximum atomic E-state index is 12.1. The van der Waals surface area contributed by atoms with Crippen molar-refractivity contribution in [2.75, 3.05) is 26.8 Å². The molecule has 0 atom stereocenters. The molecular formula is C13H26N2O4. The summed E-state index contributed by atoms with van der Waals surface area (Å²) < 4.78 is 4.98. The Kier molecular flexibility index (Phi) is 7.44. The van der Waals surface area contributed by atoms with E-state index in [4.69, 9.17) is 9.84 Å². The molecule has 0 radical (unpaired) electrons. The number of hydrogen-bond acceptors (Lipinski definition) is 3. The molecule has 0 aromatic rings. The van der Waals surface area contributed by atoms with Crippen LogP contribution < -0.4 is 5.32 Å². The molecule has 0 heterocycles. The monoisotopic (exact) mass is 274 g/mol. The van der Waals surface area contributed by atoms with Crippen molar-refractivity contribution in [1.29, 1.82) is 0 Å². The van der Waals surface area contributed by atoms with Gasteiger partial charge in [0.25, 0.3) is 0 Å². The number of carbonyl (C=O) groups excluding carboxylic acids is 1. The lowest BCUT2D eigenvalue weighted by atomic mass is 10.0. The van der Waals surface area contributed by atoms with Crippen LogP contribution in [0.15, 0.2) is 0 Å². The molecular weight excluding hydrogens is 248 g/mol. The molecule has 0 saturated carbocycles. The van der Waals surface area contributed by atoms with Crippen LogP contribution in [0.5, 0.6) is 0 Å². The minimum atomic E-state index is -0.933. The van der Waals surface area contributed by atoms with E-state index in [1.54, 1.807) is 25.9 Å². The van der Waals surface area contributed by atoms with E-state index in [2.05, 4.69) is 5.32 Å². The van der Waals surface area contributed by atoms with Gasteiger partial charge in [-0.1, -0.05) is 13.8 Å². The predicted molar refractivity (Wildman–Crippen MR) is 73.2 cm³/mol. The Morgan fingerprint density at radius 2 is 1.95 bits per heavy atom. The minimum absolute atomic E-state index is 0.113. The molecule has 0 spiro atoms. The topological polar surface area (TPSA) is 78.9 Å². The molecule has 0 aliphatic heterocycles. The van der Waals surface area contributed by atoms with Gasteiger partial charge in [0, 0.05) is 25.7 Å². The standard InChI is InChI=1S/C13H26N2O4/c1-10(2)9-15(6-7-19-5)12(18)14-13(3,4)8-11(16)17/h10H,6-9H2,1-5H3,(H,14,18)(H,16,17). The van der Waals surface area contributed by atoms with Crippen LogP contribution in [-0.4, -0.2) is 54.4 Å². The third-order valence-electron chi connectivity index (χ3n) is 2.48. The molecule has 0 aromatic carbocycles. The van der Waals surface area contributed by atoms with E-state index in [1.165, 1.54) is 0 Å². The van der Waals surface area contributed by atoms with Gasteiger partial charge in [0.2, 0.25) is 0 Å². The molecule has 19 heavy (non-hydrogen) atoms. The molecule has 6 heteroatoms. The fourth-order valence-corrected chi connectivity index (χ4v) is 1.71. The quantitative estimate of drug-likeness (QED) is 0.704. The third-order valence-corrected chi connectivity index (χ3v) is 2.48. The van der Waals surface area contributed by atoms with E-state index in [1.807, 2.05) is 13.8 Å². The minimum Gasteiger partial charge on any atom is -0.481 e. The molecule has 0 saturated heterocycles. The summed E-state index contributed by atoms with van der Waals surface area (Å²) >= 11 is 0. The Morgan fingerprint density at radius 3 is 2.37 bits per heavy atom. The van der Waals surface area contributed by atoms with Crippen LogP contribution in [0.3, 0.4) is 0 Å². The lowest BCUT2D eigenvalue weighted by Crippen LogP contribution is -2.52. The summed E-state index contributed by atoms with van der Waals surface area (Å²) in [5.74, 6) is -0.595. The number of aliphatic carboxylic acids is 1. The second-order valence-corrected chi connectivity index (χ2v) is 5.72. The van der Waals surface area contributed by atoms with Crippen LogP contribution in [0.4, 0.5) is 4.79 Å². The van der Waals surface area contributed by atoms with Gasteiger partial charge in [-0.2, -0.15) is 0 Å². The van der Waals surface area contributed by atoms with Gasteiger partial charge in [0.15, 0.2) is 0 Å². The van der Waals surface area contributed by atoms with Gasteiger partial charge >= 0.3 is 12.0 Å². The number of carboxylic acids is 1. The number of hydrogen-bond donors (Lipinski definition) is 2. The molecule has 0 aliphatic rings. The summed E-state index contributed by atoms with van der Waals surface area (Å²) in [5.41, 5.74) is -0.773. The van der Waals surface area contributed by atoms with Gasteiger partial charge in [-0.15, -0.1) is 0 Å². The Morgan fingerprint density at radius 1 is 1.37 bits per heavy atom. The highest BCUT2D eigenvalue weighted by molar-refractivity contribution is 5.76. The van der Waals surface area contributed by atoms with Crippen molar-refractivity contribution in [1.82, 2.24) is 10.2 Å². The molecule has 0 bridgehead atoms. The summed E-state index contributed by atoms with van der Waals surface area (Å²) in [6.45, 7) is 9.00. The van der Waals surface area contributed by atoms with Crippen LogP contribution in [-0.2, 0) is 9.53 Å². The highest BCUT2D eigenvalue weighted by Gasteiger charge is 2.26. The lowest BCUT2D eigenvalue weighted by Gasteiger charge is -2.30. The average Bonchev–Trinajstić information content (AvgIpc) is 2.20. The van der Waals surface area contributed by atoms with Crippen LogP contribution in [0.25, 0.3) is 0 Å². The van der Waals surface area contributed by atoms with Crippen LogP contribution in [0.1, 0.15) is 34.1 Å². The van der Waals surface area contributed by atoms with Gasteiger partial charge in [-0.05, 0) is 19.8 Å². The maximum absolute atomic E-state index is 12.1. The van der Waals surface area contributed by atoms with Crippen molar-refractivity contribution >= 4 is 12.0 Å². The molecule has 2 N–H and O–H groups in total. The van der Waals surface area contributed by atoms with Crippen molar-refractivity contribution < 1.29 is 19.4 Å². The Balaban J connectivity index is 4.56. The van der Waals surface area contributed by atoms with Gasteiger partial charge in [0.05, 0.1) is 13.0 Å². The summed E-state index contributed by atoms with van der Waals surface area (Å²) in [4.78, 5) is 24.5. The Hall–Kier alpha value is -1.30. The number of nitrogens with zero attached hydrogens (tertiary/aromatic N) is 1. The lowest BCUT2D eigenvalue weighted by molar-refractivity contribution is -0.138. The Bertz CT molecular complexity index is 303. The van der Waals surface area contributed by atoms with Crippen molar-refractivity contribution in [3.8, 4) is 0 Å². The van der Waals surface area contributed by atoms with E-state index >= 15 is 0 Å². The Labute approximate surface area is 115 Å². The summed E-state index contributed by atoms with van der Waals surface area (Å²) in [6, 6.07) is -0.253. The zero-order valence-electron chi connectivity index (χ0n) is 12.5. The van der Waals surface area contributed by atoms with Crippen molar-refractivity contribution in [3.05, 3.63) is 0 Å². The fraction of sp³-hybridized carbons (Fsp3) is 0.846. The highest BCUT2D eigenvalue weighted by atomic mass is 16.5. The number of amides is 2. The fourth-order valence-electron chi connectivity index (χ4n) is 1.71. The third kappa shape index (κ3) is 8.42.